The molecular weight excluding hydrogens is 396 g/mol. The SMILES string of the molecule is CC(C)(C)C(=O)Nc1c(-c2ccc(N(CCO)CCO)cc2)oc2ccccc2c1=O. The quantitative estimate of drug-likeness (QED) is 0.538. The molecule has 1 heterocycles. The molecule has 31 heavy (non-hydrogen) atoms. The minimum absolute atomic E-state index is 0.0374. The van der Waals surface area contributed by atoms with Gasteiger partial charge in [-0.1, -0.05) is 32.9 Å². The number of carbonyl (C=O) groups excluding carboxylic acids is 1. The predicted molar refractivity (Wildman–Crippen MR) is 122 cm³/mol. The lowest BCUT2D eigenvalue weighted by molar-refractivity contribution is -0.123. The van der Waals surface area contributed by atoms with E-state index in [0.717, 1.165) is 5.69 Å². The Balaban J connectivity index is 2.11. The van der Waals surface area contributed by atoms with Crippen LogP contribution in [-0.4, -0.2) is 42.4 Å². The fourth-order valence-corrected chi connectivity index (χ4v) is 3.19. The minimum atomic E-state index is -0.686. The topological polar surface area (TPSA) is 103 Å². The third kappa shape index (κ3) is 4.95. The average Bonchev–Trinajstić information content (AvgIpc) is 2.75. The summed E-state index contributed by atoms with van der Waals surface area (Å²) in [6, 6.07) is 14.1. The second kappa shape index (κ2) is 9.32. The van der Waals surface area contributed by atoms with Gasteiger partial charge in [0.2, 0.25) is 11.3 Å². The highest BCUT2D eigenvalue weighted by Gasteiger charge is 2.25. The summed E-state index contributed by atoms with van der Waals surface area (Å²) >= 11 is 0. The molecule has 0 saturated carbocycles. The van der Waals surface area contributed by atoms with E-state index in [1.54, 1.807) is 57.2 Å². The van der Waals surface area contributed by atoms with Gasteiger partial charge in [0, 0.05) is 29.8 Å². The van der Waals surface area contributed by atoms with Crippen LogP contribution < -0.4 is 15.6 Å². The Labute approximate surface area is 180 Å². The number of anilines is 2. The lowest BCUT2D eigenvalue weighted by Gasteiger charge is -2.23. The molecule has 0 radical (unpaired) electrons. The molecule has 3 aromatic rings. The van der Waals surface area contributed by atoms with Crippen molar-refractivity contribution in [3.8, 4) is 11.3 Å². The van der Waals surface area contributed by atoms with Gasteiger partial charge in [-0.05, 0) is 36.4 Å². The molecule has 0 saturated heterocycles. The second-order valence-electron chi connectivity index (χ2n) is 8.32. The fourth-order valence-electron chi connectivity index (χ4n) is 3.19. The molecular formula is C24H28N2O5. The smallest absolute Gasteiger partial charge is 0.229 e. The summed E-state index contributed by atoms with van der Waals surface area (Å²) < 4.78 is 6.06. The highest BCUT2D eigenvalue weighted by atomic mass is 16.3. The van der Waals surface area contributed by atoms with E-state index in [2.05, 4.69) is 5.32 Å². The number of hydrogen-bond donors (Lipinski definition) is 3. The molecule has 7 heteroatoms. The van der Waals surface area contributed by atoms with E-state index in [1.807, 2.05) is 17.0 Å². The molecule has 0 aliphatic carbocycles. The maximum atomic E-state index is 13.2. The third-order valence-electron chi connectivity index (χ3n) is 4.95. The number of para-hydroxylation sites is 1. The van der Waals surface area contributed by atoms with E-state index in [-0.39, 0.29) is 36.0 Å². The van der Waals surface area contributed by atoms with Gasteiger partial charge >= 0.3 is 0 Å². The van der Waals surface area contributed by atoms with Gasteiger partial charge in [-0.3, -0.25) is 9.59 Å². The monoisotopic (exact) mass is 424 g/mol. The van der Waals surface area contributed by atoms with Crippen molar-refractivity contribution in [1.29, 1.82) is 0 Å². The highest BCUT2D eigenvalue weighted by molar-refractivity contribution is 5.99. The molecule has 0 aliphatic heterocycles. The molecule has 1 amide bonds. The number of nitrogens with one attached hydrogen (secondary N) is 1. The van der Waals surface area contributed by atoms with E-state index in [0.29, 0.717) is 29.6 Å². The van der Waals surface area contributed by atoms with E-state index >= 15 is 0 Å². The zero-order valence-corrected chi connectivity index (χ0v) is 18.0. The van der Waals surface area contributed by atoms with Crippen LogP contribution in [0, 0.1) is 5.41 Å². The Kier molecular flexibility index (Phi) is 6.77. The maximum Gasteiger partial charge on any atom is 0.229 e. The number of rotatable bonds is 7. The van der Waals surface area contributed by atoms with Gasteiger partial charge in [-0.2, -0.15) is 0 Å². The van der Waals surface area contributed by atoms with Crippen LogP contribution in [0.3, 0.4) is 0 Å². The molecule has 0 bridgehead atoms. The Morgan fingerprint density at radius 2 is 1.61 bits per heavy atom. The van der Waals surface area contributed by atoms with Crippen LogP contribution in [0.1, 0.15) is 20.8 Å². The van der Waals surface area contributed by atoms with Gasteiger partial charge in [-0.25, -0.2) is 0 Å². The lowest BCUT2D eigenvalue weighted by atomic mass is 9.95. The molecule has 164 valence electrons. The van der Waals surface area contributed by atoms with Crippen LogP contribution in [0.4, 0.5) is 11.4 Å². The highest BCUT2D eigenvalue weighted by Crippen LogP contribution is 2.31. The molecule has 0 atom stereocenters. The number of aliphatic hydroxyl groups is 2. The standard InChI is InChI=1S/C24H28N2O5/c1-24(2,3)23(30)25-20-21(29)18-6-4-5-7-19(18)31-22(20)16-8-10-17(11-9-16)26(12-14-27)13-15-28/h4-11,27-28H,12-15H2,1-3H3,(H,25,30). The number of fused-ring (bicyclic) bond motifs is 1. The van der Waals surface area contributed by atoms with Crippen molar-refractivity contribution in [1.82, 2.24) is 0 Å². The van der Waals surface area contributed by atoms with Crippen LogP contribution in [0.5, 0.6) is 0 Å². The zero-order valence-electron chi connectivity index (χ0n) is 18.0. The Morgan fingerprint density at radius 3 is 2.19 bits per heavy atom. The number of carbonyl (C=O) groups is 1. The first kappa shape index (κ1) is 22.5. The van der Waals surface area contributed by atoms with Crippen molar-refractivity contribution >= 4 is 28.3 Å². The summed E-state index contributed by atoms with van der Waals surface area (Å²) in [7, 11) is 0. The molecule has 7 nitrogen and oxygen atoms in total. The van der Waals surface area contributed by atoms with E-state index in [1.165, 1.54) is 0 Å². The Bertz CT molecular complexity index is 1110. The van der Waals surface area contributed by atoms with Crippen LogP contribution in [0.15, 0.2) is 57.7 Å². The average molecular weight is 424 g/mol. The van der Waals surface area contributed by atoms with Crippen molar-refractivity contribution < 1.29 is 19.4 Å². The van der Waals surface area contributed by atoms with Crippen LogP contribution in [0.25, 0.3) is 22.3 Å². The van der Waals surface area contributed by atoms with E-state index in [9.17, 15) is 19.8 Å². The number of amides is 1. The summed E-state index contributed by atoms with van der Waals surface area (Å²) in [5.41, 5.74) is 0.991. The largest absolute Gasteiger partial charge is 0.454 e. The van der Waals surface area contributed by atoms with Gasteiger partial charge in [0.1, 0.15) is 11.3 Å². The molecule has 2 aromatic carbocycles. The summed E-state index contributed by atoms with van der Waals surface area (Å²) in [6.07, 6.45) is 0. The molecule has 3 N–H and O–H groups in total. The molecule has 3 rings (SSSR count). The van der Waals surface area contributed by atoms with Crippen molar-refractivity contribution in [2.45, 2.75) is 20.8 Å². The number of nitrogens with zero attached hydrogens (tertiary/aromatic N) is 1. The Hall–Kier alpha value is -3.16. The van der Waals surface area contributed by atoms with Crippen molar-refractivity contribution in [3.05, 3.63) is 58.8 Å². The van der Waals surface area contributed by atoms with Gasteiger partial charge in [0.25, 0.3) is 0 Å². The first-order valence-corrected chi connectivity index (χ1v) is 10.2. The Morgan fingerprint density at radius 1 is 1.00 bits per heavy atom. The summed E-state index contributed by atoms with van der Waals surface area (Å²) in [6.45, 7) is 6.02. The third-order valence-corrected chi connectivity index (χ3v) is 4.95. The van der Waals surface area contributed by atoms with Gasteiger partial charge in [0.15, 0.2) is 5.76 Å². The summed E-state index contributed by atoms with van der Waals surface area (Å²) in [5.74, 6) is -0.00580. The van der Waals surface area contributed by atoms with Crippen LogP contribution in [-0.2, 0) is 4.79 Å². The number of benzene rings is 2. The normalized spacial score (nSPS) is 11.5. The van der Waals surface area contributed by atoms with Crippen LogP contribution in [0.2, 0.25) is 0 Å². The van der Waals surface area contributed by atoms with Gasteiger partial charge in [-0.15, -0.1) is 0 Å². The summed E-state index contributed by atoms with van der Waals surface area (Å²) in [4.78, 5) is 27.7. The van der Waals surface area contributed by atoms with Crippen molar-refractivity contribution in [3.63, 3.8) is 0 Å². The molecule has 1 aromatic heterocycles. The molecule has 0 aliphatic rings. The zero-order chi connectivity index (χ0) is 22.6. The first-order chi connectivity index (χ1) is 14.8. The predicted octanol–water partition coefficient (Wildman–Crippen LogP) is 3.24. The van der Waals surface area contributed by atoms with Crippen molar-refractivity contribution in [2.24, 2.45) is 5.41 Å². The maximum absolute atomic E-state index is 13.2. The number of hydrogen-bond acceptors (Lipinski definition) is 6. The van der Waals surface area contributed by atoms with Crippen LogP contribution >= 0.6 is 0 Å². The number of aliphatic hydroxyl groups excluding tert-OH is 2. The minimum Gasteiger partial charge on any atom is -0.454 e. The fraction of sp³-hybridized carbons (Fsp3) is 0.333. The molecule has 0 fully saturated rings. The second-order valence-corrected chi connectivity index (χ2v) is 8.32. The summed E-state index contributed by atoms with van der Waals surface area (Å²) in [5, 5.41) is 21.7. The molecule has 0 spiro atoms. The van der Waals surface area contributed by atoms with Crippen molar-refractivity contribution in [2.75, 3.05) is 36.5 Å². The first-order valence-electron chi connectivity index (χ1n) is 10.2. The lowest BCUT2D eigenvalue weighted by Crippen LogP contribution is -2.30. The van der Waals surface area contributed by atoms with E-state index in [4.69, 9.17) is 4.42 Å². The van der Waals surface area contributed by atoms with E-state index < -0.39 is 5.41 Å². The van der Waals surface area contributed by atoms with Gasteiger partial charge < -0.3 is 24.8 Å². The van der Waals surface area contributed by atoms with Gasteiger partial charge in [0.05, 0.1) is 18.6 Å². The molecule has 0 unspecified atom stereocenters.